The van der Waals surface area contributed by atoms with Gasteiger partial charge in [-0.15, -0.1) is 0 Å². The Morgan fingerprint density at radius 1 is 0.867 bits per heavy atom. The molecule has 1 aliphatic rings. The lowest BCUT2D eigenvalue weighted by molar-refractivity contribution is 0.236. The van der Waals surface area contributed by atoms with Gasteiger partial charge in [0.25, 0.3) is 0 Å². The van der Waals surface area contributed by atoms with Gasteiger partial charge in [-0.3, -0.25) is 14.5 Å². The Morgan fingerprint density at radius 2 is 1.57 bits per heavy atom. The van der Waals surface area contributed by atoms with Gasteiger partial charge in [0.2, 0.25) is 0 Å². The lowest BCUT2D eigenvalue weighted by Crippen LogP contribution is -1.98. The lowest BCUT2D eigenvalue weighted by atomic mass is 10.1. The molecular formula is C24H19FN4O. The zero-order valence-electron chi connectivity index (χ0n) is 16.2. The van der Waals surface area contributed by atoms with E-state index in [9.17, 15) is 4.39 Å². The number of nitrogens with zero attached hydrogens (tertiary/aromatic N) is 4. The van der Waals surface area contributed by atoms with Gasteiger partial charge in [0.15, 0.2) is 0 Å². The maximum atomic E-state index is 13.5. The minimum atomic E-state index is -0.263. The number of pyridine rings is 2. The number of allylic oxidation sites excluding steroid dienone is 1. The Kier molecular flexibility index (Phi) is 4.81. The molecule has 1 aromatic carbocycles. The standard InChI is InChI=1S/C24H19FN4O/c25-20-3-1-18(2-4-20)23-24(19-9-13-27-14-10-19)29-21(5-6-22(29)28-23)16-30-15-17-7-11-26-12-8-17/h1-4,7-14,16H,5-6,15H2/b21-16+. The fraction of sp³-hybridized carbons (Fsp3) is 0.125. The fourth-order valence-electron chi connectivity index (χ4n) is 3.71. The first kappa shape index (κ1) is 18.2. The van der Waals surface area contributed by atoms with Crippen LogP contribution in [0.25, 0.3) is 28.2 Å². The van der Waals surface area contributed by atoms with E-state index in [0.717, 1.165) is 52.4 Å². The van der Waals surface area contributed by atoms with Gasteiger partial charge in [0, 0.05) is 42.3 Å². The van der Waals surface area contributed by atoms with Crippen molar-refractivity contribution in [2.75, 3.05) is 0 Å². The summed E-state index contributed by atoms with van der Waals surface area (Å²) in [4.78, 5) is 13.1. The first-order chi connectivity index (χ1) is 14.8. The zero-order valence-corrected chi connectivity index (χ0v) is 16.2. The molecule has 0 bridgehead atoms. The molecule has 4 heterocycles. The van der Waals surface area contributed by atoms with Crippen LogP contribution in [-0.2, 0) is 17.8 Å². The summed E-state index contributed by atoms with van der Waals surface area (Å²) in [5.41, 5.74) is 5.79. The minimum absolute atomic E-state index is 0.263. The third kappa shape index (κ3) is 3.48. The van der Waals surface area contributed by atoms with Crippen molar-refractivity contribution in [3.63, 3.8) is 0 Å². The first-order valence-corrected chi connectivity index (χ1v) is 9.77. The van der Waals surface area contributed by atoms with E-state index in [-0.39, 0.29) is 5.82 Å². The van der Waals surface area contributed by atoms with E-state index in [0.29, 0.717) is 6.61 Å². The number of ether oxygens (including phenoxy) is 1. The summed E-state index contributed by atoms with van der Waals surface area (Å²) in [7, 11) is 0. The van der Waals surface area contributed by atoms with E-state index in [2.05, 4.69) is 14.5 Å². The molecule has 30 heavy (non-hydrogen) atoms. The molecule has 0 amide bonds. The van der Waals surface area contributed by atoms with Crippen LogP contribution >= 0.6 is 0 Å². The lowest BCUT2D eigenvalue weighted by Gasteiger charge is -2.11. The van der Waals surface area contributed by atoms with Crippen LogP contribution in [0.5, 0.6) is 0 Å². The predicted octanol–water partition coefficient (Wildman–Crippen LogP) is 5.11. The van der Waals surface area contributed by atoms with Crippen molar-refractivity contribution in [2.24, 2.45) is 0 Å². The normalized spacial score (nSPS) is 14.1. The van der Waals surface area contributed by atoms with Crippen LogP contribution < -0.4 is 0 Å². The Labute approximate surface area is 173 Å². The summed E-state index contributed by atoms with van der Waals surface area (Å²) >= 11 is 0. The smallest absolute Gasteiger partial charge is 0.123 e. The van der Waals surface area contributed by atoms with E-state index in [1.165, 1.54) is 12.1 Å². The van der Waals surface area contributed by atoms with Crippen LogP contribution in [-0.4, -0.2) is 19.5 Å². The van der Waals surface area contributed by atoms with Crippen LogP contribution in [0.1, 0.15) is 17.8 Å². The molecular weight excluding hydrogens is 379 g/mol. The third-order valence-corrected chi connectivity index (χ3v) is 5.13. The number of aromatic nitrogens is 4. The van der Waals surface area contributed by atoms with Crippen LogP contribution in [0.4, 0.5) is 4.39 Å². The molecule has 0 saturated carbocycles. The van der Waals surface area contributed by atoms with E-state index in [4.69, 9.17) is 9.72 Å². The number of rotatable bonds is 5. The highest BCUT2D eigenvalue weighted by atomic mass is 19.1. The maximum Gasteiger partial charge on any atom is 0.123 e. The molecule has 0 saturated heterocycles. The summed E-state index contributed by atoms with van der Waals surface area (Å²) in [6, 6.07) is 14.3. The summed E-state index contributed by atoms with van der Waals surface area (Å²) in [6.45, 7) is 0.478. The van der Waals surface area contributed by atoms with Crippen LogP contribution in [0, 0.1) is 5.82 Å². The number of hydrogen-bond acceptors (Lipinski definition) is 4. The topological polar surface area (TPSA) is 52.8 Å². The molecule has 6 heteroatoms. The molecule has 0 N–H and O–H groups in total. The molecule has 0 fully saturated rings. The molecule has 0 aliphatic carbocycles. The van der Waals surface area contributed by atoms with Gasteiger partial charge >= 0.3 is 0 Å². The molecule has 0 unspecified atom stereocenters. The number of imidazole rings is 1. The van der Waals surface area contributed by atoms with Gasteiger partial charge in [-0.1, -0.05) is 0 Å². The summed E-state index contributed by atoms with van der Waals surface area (Å²) < 4.78 is 21.5. The van der Waals surface area contributed by atoms with Crippen LogP contribution in [0.2, 0.25) is 0 Å². The average Bonchev–Trinajstić information content (AvgIpc) is 3.35. The second-order valence-corrected chi connectivity index (χ2v) is 7.08. The molecule has 148 valence electrons. The Balaban J connectivity index is 1.55. The van der Waals surface area contributed by atoms with Crippen molar-refractivity contribution in [1.29, 1.82) is 0 Å². The average molecular weight is 398 g/mol. The van der Waals surface area contributed by atoms with Gasteiger partial charge in [-0.25, -0.2) is 9.37 Å². The highest BCUT2D eigenvalue weighted by Crippen LogP contribution is 2.39. The zero-order chi connectivity index (χ0) is 20.3. The largest absolute Gasteiger partial charge is 0.495 e. The van der Waals surface area contributed by atoms with Gasteiger partial charge in [-0.2, -0.15) is 0 Å². The van der Waals surface area contributed by atoms with E-state index in [1.54, 1.807) is 36.9 Å². The molecule has 4 aromatic rings. The predicted molar refractivity (Wildman–Crippen MR) is 112 cm³/mol. The van der Waals surface area contributed by atoms with Gasteiger partial charge < -0.3 is 4.74 Å². The molecule has 3 aromatic heterocycles. The summed E-state index contributed by atoms with van der Waals surface area (Å²) in [5.74, 6) is 0.709. The molecule has 0 atom stereocenters. The van der Waals surface area contributed by atoms with E-state index < -0.39 is 0 Å². The SMILES string of the molecule is Fc1ccc(-c2nc3n(c2-c2ccncc2)/C(=C/OCc2ccncc2)CC3)cc1. The van der Waals surface area contributed by atoms with Crippen molar-refractivity contribution in [3.8, 4) is 22.5 Å². The molecule has 0 radical (unpaired) electrons. The first-order valence-electron chi connectivity index (χ1n) is 9.77. The van der Waals surface area contributed by atoms with Crippen molar-refractivity contribution in [2.45, 2.75) is 19.4 Å². The number of halogens is 1. The molecule has 0 spiro atoms. The molecule has 1 aliphatic heterocycles. The van der Waals surface area contributed by atoms with Gasteiger partial charge in [-0.05, 0) is 60.5 Å². The fourth-order valence-corrected chi connectivity index (χ4v) is 3.71. The highest BCUT2D eigenvalue weighted by molar-refractivity contribution is 5.82. The quantitative estimate of drug-likeness (QED) is 0.439. The highest BCUT2D eigenvalue weighted by Gasteiger charge is 2.26. The van der Waals surface area contributed by atoms with E-state index >= 15 is 0 Å². The van der Waals surface area contributed by atoms with Gasteiger partial charge in [0.1, 0.15) is 24.5 Å². The molecule has 5 nitrogen and oxygen atoms in total. The number of benzene rings is 1. The van der Waals surface area contributed by atoms with Crippen molar-refractivity contribution >= 4 is 5.70 Å². The number of hydrogen-bond donors (Lipinski definition) is 0. The summed E-state index contributed by atoms with van der Waals surface area (Å²) in [5, 5.41) is 0. The molecule has 5 rings (SSSR count). The summed E-state index contributed by atoms with van der Waals surface area (Å²) in [6.07, 6.45) is 10.5. The third-order valence-electron chi connectivity index (χ3n) is 5.13. The Hall–Kier alpha value is -3.80. The van der Waals surface area contributed by atoms with Crippen molar-refractivity contribution in [1.82, 2.24) is 19.5 Å². The van der Waals surface area contributed by atoms with E-state index in [1.807, 2.05) is 30.5 Å². The second kappa shape index (κ2) is 7.91. The van der Waals surface area contributed by atoms with Crippen LogP contribution in [0.3, 0.4) is 0 Å². The maximum absolute atomic E-state index is 13.5. The monoisotopic (exact) mass is 398 g/mol. The van der Waals surface area contributed by atoms with Crippen molar-refractivity contribution in [3.05, 3.63) is 96.8 Å². The second-order valence-electron chi connectivity index (χ2n) is 7.08. The minimum Gasteiger partial charge on any atom is -0.495 e. The Morgan fingerprint density at radius 3 is 2.30 bits per heavy atom. The van der Waals surface area contributed by atoms with Gasteiger partial charge in [0.05, 0.1) is 17.1 Å². The van der Waals surface area contributed by atoms with Crippen molar-refractivity contribution < 1.29 is 9.13 Å². The number of aryl methyl sites for hydroxylation is 1. The Bertz CT molecular complexity index is 1190. The number of fused-ring (bicyclic) bond motifs is 1. The van der Waals surface area contributed by atoms with Crippen LogP contribution in [0.15, 0.2) is 79.6 Å².